The molecule has 0 saturated heterocycles. The highest BCUT2D eigenvalue weighted by Gasteiger charge is 2.26. The highest BCUT2D eigenvalue weighted by Crippen LogP contribution is 2.36. The van der Waals surface area contributed by atoms with Gasteiger partial charge in [0.2, 0.25) is 5.91 Å². The second-order valence-electron chi connectivity index (χ2n) is 8.42. The van der Waals surface area contributed by atoms with E-state index in [2.05, 4.69) is 33.2 Å². The number of anilines is 3. The number of nitrogens with one attached hydrogen (secondary N) is 2. The quantitative estimate of drug-likeness (QED) is 0.0815. The van der Waals surface area contributed by atoms with Crippen molar-refractivity contribution >= 4 is 63.4 Å². The molecule has 0 unspecified atom stereocenters. The fraction of sp³-hybridized carbons (Fsp3) is 0.214. The van der Waals surface area contributed by atoms with Crippen molar-refractivity contribution in [2.24, 2.45) is 5.92 Å². The molecule has 0 saturated carbocycles. The first kappa shape index (κ1) is 28.4. The van der Waals surface area contributed by atoms with Gasteiger partial charge in [0.25, 0.3) is 0 Å². The van der Waals surface area contributed by atoms with Gasteiger partial charge in [-0.2, -0.15) is 0 Å². The van der Waals surface area contributed by atoms with Crippen molar-refractivity contribution in [3.63, 3.8) is 0 Å². The number of nitrogen functional groups attached to an aromatic ring is 1. The molecule has 0 aliphatic rings. The zero-order valence-electron chi connectivity index (χ0n) is 20.6. The maximum atomic E-state index is 12.8. The summed E-state index contributed by atoms with van der Waals surface area (Å²) >= 11 is 3.77. The Balaban J connectivity index is 1.65. The van der Waals surface area contributed by atoms with Crippen molar-refractivity contribution in [1.29, 1.82) is 0 Å². The standard InChI is InChI=1S/C28H30IN3O4S/c1-18(7-3-6-10-26(34)32-24-9-5-4-8-23(24)30)27(22-17-19(29)11-16-25(22)33)36-28(35)31-20-12-14-21(37-2)15-13-20/h4-6,8-18,27,33H,3,7,30H2,1-2H3,(H,31,35)(H,32,34)/b10-6+/t18-,27-/m0/s1. The number of aromatic hydroxyl groups is 1. The number of carbonyl (C=O) groups is 2. The maximum Gasteiger partial charge on any atom is 0.412 e. The third-order valence-corrected chi connectivity index (χ3v) is 7.07. The number of thioether (sulfide) groups is 1. The number of carbonyl (C=O) groups excluding carboxylic acids is 2. The molecule has 0 aliphatic heterocycles. The van der Waals surface area contributed by atoms with Gasteiger partial charge in [0, 0.05) is 19.7 Å². The number of nitrogens with two attached hydrogens (primary N) is 1. The molecular formula is C28H30IN3O4S. The summed E-state index contributed by atoms with van der Waals surface area (Å²) < 4.78 is 6.74. The van der Waals surface area contributed by atoms with Crippen LogP contribution in [0.2, 0.25) is 0 Å². The molecule has 2 amide bonds. The summed E-state index contributed by atoms with van der Waals surface area (Å²) in [4.78, 5) is 26.1. The largest absolute Gasteiger partial charge is 0.508 e. The lowest BCUT2D eigenvalue weighted by Gasteiger charge is -2.25. The van der Waals surface area contributed by atoms with Gasteiger partial charge >= 0.3 is 6.09 Å². The van der Waals surface area contributed by atoms with Crippen molar-refractivity contribution in [3.05, 3.63) is 88.0 Å². The molecule has 37 heavy (non-hydrogen) atoms. The highest BCUT2D eigenvalue weighted by molar-refractivity contribution is 14.1. The summed E-state index contributed by atoms with van der Waals surface area (Å²) in [5.41, 5.74) is 8.08. The first-order chi connectivity index (χ1) is 17.8. The number of rotatable bonds is 10. The molecule has 0 aromatic heterocycles. The molecule has 0 heterocycles. The predicted octanol–water partition coefficient (Wildman–Crippen LogP) is 7.20. The Morgan fingerprint density at radius 3 is 2.54 bits per heavy atom. The lowest BCUT2D eigenvalue weighted by molar-refractivity contribution is -0.111. The van der Waals surface area contributed by atoms with Gasteiger partial charge in [-0.15, -0.1) is 11.8 Å². The van der Waals surface area contributed by atoms with E-state index in [0.29, 0.717) is 35.5 Å². The number of hydrogen-bond donors (Lipinski definition) is 4. The fourth-order valence-corrected chi connectivity index (χ4v) is 4.59. The Kier molecular flexibility index (Phi) is 10.7. The van der Waals surface area contributed by atoms with Crippen molar-refractivity contribution in [2.45, 2.75) is 30.8 Å². The molecule has 194 valence electrons. The van der Waals surface area contributed by atoms with Gasteiger partial charge in [-0.1, -0.05) is 25.1 Å². The molecule has 3 aromatic rings. The normalized spacial score (nSPS) is 12.6. The average Bonchev–Trinajstić information content (AvgIpc) is 2.88. The summed E-state index contributed by atoms with van der Waals surface area (Å²) in [6.07, 6.45) is 5.10. The SMILES string of the molecule is CSc1ccc(NC(=O)O[C@H](c2cc(I)ccc2O)[C@@H](C)CC/C=C/C(=O)Nc2ccccc2N)cc1. The van der Waals surface area contributed by atoms with E-state index in [1.165, 1.54) is 6.08 Å². The van der Waals surface area contributed by atoms with Crippen LogP contribution < -0.4 is 16.4 Å². The molecule has 0 fully saturated rings. The Morgan fingerprint density at radius 2 is 1.84 bits per heavy atom. The van der Waals surface area contributed by atoms with Gasteiger partial charge in [0.05, 0.1) is 11.4 Å². The molecule has 0 spiro atoms. The van der Waals surface area contributed by atoms with Crippen LogP contribution in [0.5, 0.6) is 5.75 Å². The molecule has 5 N–H and O–H groups in total. The molecule has 0 aliphatic carbocycles. The van der Waals surface area contributed by atoms with E-state index < -0.39 is 12.2 Å². The number of allylic oxidation sites excluding steroid dienone is 1. The van der Waals surface area contributed by atoms with Gasteiger partial charge < -0.3 is 20.9 Å². The van der Waals surface area contributed by atoms with Gasteiger partial charge in [-0.05, 0) is 108 Å². The summed E-state index contributed by atoms with van der Waals surface area (Å²) in [5.74, 6) is -0.364. The van der Waals surface area contributed by atoms with Gasteiger partial charge in [0.1, 0.15) is 11.9 Å². The van der Waals surface area contributed by atoms with Crippen LogP contribution in [0.4, 0.5) is 21.9 Å². The van der Waals surface area contributed by atoms with Crippen LogP contribution in [-0.2, 0) is 9.53 Å². The third-order valence-electron chi connectivity index (χ3n) is 5.66. The number of phenolic OH excluding ortho intramolecular Hbond substituents is 1. The molecule has 2 atom stereocenters. The Labute approximate surface area is 235 Å². The van der Waals surface area contributed by atoms with Crippen molar-refractivity contribution in [1.82, 2.24) is 0 Å². The number of ether oxygens (including phenoxy) is 1. The summed E-state index contributed by atoms with van der Waals surface area (Å²) in [7, 11) is 0. The number of amides is 2. The maximum absolute atomic E-state index is 12.8. The van der Waals surface area contributed by atoms with E-state index in [0.717, 1.165) is 8.47 Å². The van der Waals surface area contributed by atoms with Crippen LogP contribution in [0.1, 0.15) is 31.4 Å². The summed E-state index contributed by atoms with van der Waals surface area (Å²) in [5, 5.41) is 16.0. The number of phenols is 1. The van der Waals surface area contributed by atoms with E-state index in [9.17, 15) is 14.7 Å². The van der Waals surface area contributed by atoms with Crippen LogP contribution in [0.3, 0.4) is 0 Å². The minimum Gasteiger partial charge on any atom is -0.508 e. The molecule has 9 heteroatoms. The van der Waals surface area contributed by atoms with Crippen LogP contribution in [0, 0.1) is 9.49 Å². The second-order valence-corrected chi connectivity index (χ2v) is 10.5. The first-order valence-corrected chi connectivity index (χ1v) is 14.0. The number of para-hydroxylation sites is 2. The smallest absolute Gasteiger partial charge is 0.412 e. The van der Waals surface area contributed by atoms with E-state index >= 15 is 0 Å². The van der Waals surface area contributed by atoms with E-state index in [-0.39, 0.29) is 17.6 Å². The topological polar surface area (TPSA) is 114 Å². The monoisotopic (exact) mass is 631 g/mol. The lowest BCUT2D eigenvalue weighted by atomic mass is 9.92. The van der Waals surface area contributed by atoms with Crippen molar-refractivity contribution in [3.8, 4) is 5.75 Å². The minimum atomic E-state index is -0.688. The van der Waals surface area contributed by atoms with Gasteiger partial charge in [-0.25, -0.2) is 4.79 Å². The second kappa shape index (κ2) is 13.9. The number of benzene rings is 3. The molecular weight excluding hydrogens is 601 g/mol. The number of hydrogen-bond acceptors (Lipinski definition) is 6. The minimum absolute atomic E-state index is 0.0600. The van der Waals surface area contributed by atoms with Crippen LogP contribution in [0.15, 0.2) is 83.8 Å². The van der Waals surface area contributed by atoms with Crippen LogP contribution in [0.25, 0.3) is 0 Å². The van der Waals surface area contributed by atoms with Crippen LogP contribution >= 0.6 is 34.4 Å². The fourth-order valence-electron chi connectivity index (χ4n) is 3.66. The van der Waals surface area contributed by atoms with E-state index in [1.807, 2.05) is 43.5 Å². The molecule has 3 rings (SSSR count). The van der Waals surface area contributed by atoms with Crippen molar-refractivity contribution in [2.75, 3.05) is 22.6 Å². The van der Waals surface area contributed by atoms with Crippen LogP contribution in [-0.4, -0.2) is 23.4 Å². The summed E-state index contributed by atoms with van der Waals surface area (Å²) in [6.45, 7) is 1.95. The van der Waals surface area contributed by atoms with Gasteiger partial charge in [0.15, 0.2) is 0 Å². The zero-order chi connectivity index (χ0) is 26.8. The Bertz CT molecular complexity index is 1250. The Morgan fingerprint density at radius 1 is 1.11 bits per heavy atom. The third kappa shape index (κ3) is 8.71. The average molecular weight is 632 g/mol. The highest BCUT2D eigenvalue weighted by atomic mass is 127. The lowest BCUT2D eigenvalue weighted by Crippen LogP contribution is -2.22. The zero-order valence-corrected chi connectivity index (χ0v) is 23.6. The molecule has 7 nitrogen and oxygen atoms in total. The number of halogens is 1. The van der Waals surface area contributed by atoms with E-state index in [1.54, 1.807) is 54.2 Å². The molecule has 0 radical (unpaired) electrons. The molecule has 3 aromatic carbocycles. The predicted molar refractivity (Wildman–Crippen MR) is 159 cm³/mol. The van der Waals surface area contributed by atoms with Crippen molar-refractivity contribution < 1.29 is 19.4 Å². The summed E-state index contributed by atoms with van der Waals surface area (Å²) in [6, 6.07) is 19.7. The molecule has 0 bridgehead atoms. The van der Waals surface area contributed by atoms with E-state index in [4.69, 9.17) is 10.5 Å². The Hall–Kier alpha value is -3.18. The van der Waals surface area contributed by atoms with Gasteiger partial charge in [-0.3, -0.25) is 10.1 Å². The first-order valence-electron chi connectivity index (χ1n) is 11.7.